The summed E-state index contributed by atoms with van der Waals surface area (Å²) in [6, 6.07) is 1.97. The van der Waals surface area contributed by atoms with Crippen molar-refractivity contribution in [2.75, 3.05) is 0 Å². The number of hydrogen-bond acceptors (Lipinski definition) is 1. The fraction of sp³-hybridized carbons (Fsp3) is 0.438. The van der Waals surface area contributed by atoms with Crippen LogP contribution in [0.15, 0.2) is 31.1 Å². The molecule has 0 atom stereocenters. The fourth-order valence-corrected chi connectivity index (χ4v) is 0.919. The Hall–Kier alpha value is -1.37. The maximum Gasteiger partial charge on any atom is 0.0346 e. The maximum absolute atomic E-state index is 3.99. The monoisotopic (exact) mass is 235 g/mol. The molecule has 0 amide bonds. The van der Waals surface area contributed by atoms with Crippen LogP contribution in [0, 0.1) is 0 Å². The van der Waals surface area contributed by atoms with E-state index in [1.165, 1.54) is 0 Å². The van der Waals surface area contributed by atoms with Crippen LogP contribution in [0.1, 0.15) is 59.6 Å². The molecular weight excluding hydrogens is 206 g/mol. The Kier molecular flexibility index (Phi) is 24.8. The molecule has 1 aromatic rings. The van der Waals surface area contributed by atoms with Gasteiger partial charge in [0.25, 0.3) is 0 Å². The van der Waals surface area contributed by atoms with E-state index in [2.05, 4.69) is 11.6 Å². The van der Waals surface area contributed by atoms with Gasteiger partial charge in [-0.05, 0) is 24.1 Å². The lowest BCUT2D eigenvalue weighted by Gasteiger charge is -1.96. The first-order chi connectivity index (χ1) is 8.38. The predicted molar refractivity (Wildman–Crippen MR) is 83.1 cm³/mol. The van der Waals surface area contributed by atoms with Crippen LogP contribution < -0.4 is 0 Å². The highest BCUT2D eigenvalue weighted by molar-refractivity contribution is 5.62. The van der Waals surface area contributed by atoms with Gasteiger partial charge in [-0.15, -0.1) is 0 Å². The molecule has 0 saturated carbocycles. The van der Waals surface area contributed by atoms with Crippen molar-refractivity contribution in [1.29, 1.82) is 0 Å². The molecule has 0 radical (unpaired) electrons. The van der Waals surface area contributed by atoms with Gasteiger partial charge in [0, 0.05) is 12.4 Å². The molecule has 0 N–H and O–H groups in total. The zero-order chi connectivity index (χ0) is 14.1. The van der Waals surface area contributed by atoms with Crippen LogP contribution in [0.4, 0.5) is 0 Å². The lowest BCUT2D eigenvalue weighted by Crippen LogP contribution is -1.80. The van der Waals surface area contributed by atoms with Crippen LogP contribution in [0.25, 0.3) is 12.2 Å². The van der Waals surface area contributed by atoms with Crippen LogP contribution in [-0.2, 0) is 0 Å². The molecule has 1 heteroatoms. The van der Waals surface area contributed by atoms with E-state index in [0.29, 0.717) is 0 Å². The lowest BCUT2D eigenvalue weighted by molar-refractivity contribution is 1.31. The number of hydrogen-bond donors (Lipinski definition) is 0. The van der Waals surface area contributed by atoms with Gasteiger partial charge in [-0.25, -0.2) is 0 Å². The van der Waals surface area contributed by atoms with E-state index in [1.54, 1.807) is 6.20 Å². The summed E-state index contributed by atoms with van der Waals surface area (Å²) < 4.78 is 0. The summed E-state index contributed by atoms with van der Waals surface area (Å²) in [5.74, 6) is 0. The van der Waals surface area contributed by atoms with Gasteiger partial charge in [-0.1, -0.05) is 66.3 Å². The van der Waals surface area contributed by atoms with Gasteiger partial charge in [0.2, 0.25) is 0 Å². The van der Waals surface area contributed by atoms with Gasteiger partial charge in [-0.2, -0.15) is 0 Å². The number of allylic oxidation sites excluding steroid dienone is 1. The Morgan fingerprint density at radius 1 is 1.00 bits per heavy atom. The van der Waals surface area contributed by atoms with Crippen molar-refractivity contribution in [3.05, 3.63) is 42.2 Å². The summed E-state index contributed by atoms with van der Waals surface area (Å²) in [7, 11) is 0. The number of aromatic nitrogens is 1. The third kappa shape index (κ3) is 10.9. The Bertz CT molecular complexity index is 275. The average molecular weight is 235 g/mol. The van der Waals surface area contributed by atoms with E-state index in [4.69, 9.17) is 0 Å². The molecule has 17 heavy (non-hydrogen) atoms. The smallest absolute Gasteiger partial charge is 0.0346 e. The summed E-state index contributed by atoms with van der Waals surface area (Å²) in [6.07, 6.45) is 9.44. The van der Waals surface area contributed by atoms with Crippen LogP contribution in [0.5, 0.6) is 0 Å². The molecule has 98 valence electrons. The molecule has 0 aliphatic heterocycles. The van der Waals surface area contributed by atoms with Crippen molar-refractivity contribution in [2.24, 2.45) is 0 Å². The van der Waals surface area contributed by atoms with Crippen molar-refractivity contribution in [3.8, 4) is 0 Å². The molecule has 0 aliphatic carbocycles. The van der Waals surface area contributed by atoms with Crippen molar-refractivity contribution in [1.82, 2.24) is 4.98 Å². The molecule has 1 nitrogen and oxygen atoms in total. The van der Waals surface area contributed by atoms with Gasteiger partial charge in [0.15, 0.2) is 0 Å². The van der Waals surface area contributed by atoms with Crippen LogP contribution in [-0.4, -0.2) is 4.98 Å². The van der Waals surface area contributed by atoms with E-state index in [-0.39, 0.29) is 0 Å². The van der Waals surface area contributed by atoms with Crippen LogP contribution in [0.3, 0.4) is 0 Å². The largest absolute Gasteiger partial charge is 0.264 e. The van der Waals surface area contributed by atoms with Crippen LogP contribution >= 0.6 is 0 Å². The first kappa shape index (κ1) is 21.0. The minimum Gasteiger partial charge on any atom is -0.264 e. The lowest BCUT2D eigenvalue weighted by atomic mass is 10.1. The summed E-state index contributed by atoms with van der Waals surface area (Å²) in [5, 5.41) is 0. The molecule has 0 saturated heterocycles. The molecular formula is C16H29N. The summed E-state index contributed by atoms with van der Waals surface area (Å²) in [5.41, 5.74) is 2.24. The highest BCUT2D eigenvalue weighted by Crippen LogP contribution is 2.09. The summed E-state index contributed by atoms with van der Waals surface area (Å²) in [6.45, 7) is 17.7. The van der Waals surface area contributed by atoms with Gasteiger partial charge >= 0.3 is 0 Å². The van der Waals surface area contributed by atoms with E-state index in [0.717, 1.165) is 11.1 Å². The topological polar surface area (TPSA) is 12.9 Å². The predicted octanol–water partition coefficient (Wildman–Crippen LogP) is 5.84. The van der Waals surface area contributed by atoms with Crippen molar-refractivity contribution < 1.29 is 0 Å². The van der Waals surface area contributed by atoms with Crippen molar-refractivity contribution >= 4 is 12.2 Å². The molecule has 0 aliphatic rings. The van der Waals surface area contributed by atoms with Gasteiger partial charge in [0.05, 0.1) is 0 Å². The quantitative estimate of drug-likeness (QED) is 0.628. The zero-order valence-corrected chi connectivity index (χ0v) is 12.6. The van der Waals surface area contributed by atoms with Gasteiger partial charge in [0.1, 0.15) is 0 Å². The third-order valence-electron chi connectivity index (χ3n) is 1.45. The molecule has 0 bridgehead atoms. The summed E-state index contributed by atoms with van der Waals surface area (Å²) in [4.78, 5) is 3.99. The third-order valence-corrected chi connectivity index (χ3v) is 1.45. The highest BCUT2D eigenvalue weighted by Gasteiger charge is 1.91. The molecule has 1 heterocycles. The SMILES string of the molecule is C=Cc1cnccc1/C=C\C.CC.CC.CC. The number of nitrogens with zero attached hydrogens (tertiary/aromatic N) is 1. The van der Waals surface area contributed by atoms with E-state index in [9.17, 15) is 0 Å². The molecule has 1 aromatic heterocycles. The maximum atomic E-state index is 3.99. The Labute approximate surface area is 108 Å². The van der Waals surface area contributed by atoms with Gasteiger partial charge < -0.3 is 0 Å². The summed E-state index contributed by atoms with van der Waals surface area (Å²) >= 11 is 0. The van der Waals surface area contributed by atoms with Gasteiger partial charge in [-0.3, -0.25) is 4.98 Å². The normalized spacial score (nSPS) is 7.71. The second kappa shape index (κ2) is 20.1. The van der Waals surface area contributed by atoms with Crippen LogP contribution in [0.2, 0.25) is 0 Å². The molecule has 0 fully saturated rings. The molecule has 0 spiro atoms. The Morgan fingerprint density at radius 3 is 1.94 bits per heavy atom. The first-order valence-corrected chi connectivity index (χ1v) is 6.57. The van der Waals surface area contributed by atoms with Crippen molar-refractivity contribution in [3.63, 3.8) is 0 Å². The van der Waals surface area contributed by atoms with E-state index < -0.39 is 0 Å². The highest BCUT2D eigenvalue weighted by atomic mass is 14.6. The zero-order valence-electron chi connectivity index (χ0n) is 12.6. The van der Waals surface area contributed by atoms with E-state index >= 15 is 0 Å². The first-order valence-electron chi connectivity index (χ1n) is 6.57. The standard InChI is InChI=1S/C10H11N.3C2H6/c1-3-5-10-6-7-11-8-9(10)4-2;3*1-2/h3-8H,2H2,1H3;3*1-2H3/b5-3-;;;. The fourth-order valence-electron chi connectivity index (χ4n) is 0.919. The number of pyridine rings is 1. The molecule has 0 unspecified atom stereocenters. The number of rotatable bonds is 2. The van der Waals surface area contributed by atoms with Crippen molar-refractivity contribution in [2.45, 2.75) is 48.5 Å². The minimum atomic E-state index is 1.07. The van der Waals surface area contributed by atoms with E-state index in [1.807, 2.05) is 79.0 Å². The molecule has 1 rings (SSSR count). The minimum absolute atomic E-state index is 1.07. The Morgan fingerprint density at radius 2 is 1.53 bits per heavy atom. The average Bonchev–Trinajstić information content (AvgIpc) is 2.46. The second-order valence-corrected chi connectivity index (χ2v) is 2.21. The second-order valence-electron chi connectivity index (χ2n) is 2.21. The molecule has 0 aromatic carbocycles. The Balaban J connectivity index is -0.000000285.